The second-order valence-electron chi connectivity index (χ2n) is 3.52. The molecule has 0 radical (unpaired) electrons. The van der Waals surface area contributed by atoms with Crippen molar-refractivity contribution in [2.24, 2.45) is 0 Å². The van der Waals surface area contributed by atoms with Gasteiger partial charge in [-0.3, -0.25) is 9.59 Å². The molecular formula is C11H24O4Ti. The Morgan fingerprint density at radius 1 is 1.00 bits per heavy atom. The number of hydrogen-bond donors (Lipinski definition) is 2. The summed E-state index contributed by atoms with van der Waals surface area (Å²) in [4.78, 5) is 20.2. The third-order valence-electron chi connectivity index (χ3n) is 0.714. The molecule has 0 unspecified atom stereocenters. The number of aliphatic hydroxyl groups excluding tert-OH is 2. The number of Topliss-reactive ketones (excluding diaryl/α,β-unsaturated/α-hetero) is 2. The minimum atomic E-state index is -0.345. The van der Waals surface area contributed by atoms with Gasteiger partial charge in [0.25, 0.3) is 0 Å². The SMILES string of the molecule is CC(C)O.CC(C)O.CCC(=O)C(C)=O.[Ti]. The van der Waals surface area contributed by atoms with E-state index in [0.717, 1.165) is 0 Å². The van der Waals surface area contributed by atoms with E-state index in [9.17, 15) is 9.59 Å². The van der Waals surface area contributed by atoms with Crippen LogP contribution in [0.1, 0.15) is 48.0 Å². The van der Waals surface area contributed by atoms with E-state index in [-0.39, 0.29) is 45.5 Å². The molecule has 4 nitrogen and oxygen atoms in total. The molecule has 0 fully saturated rings. The van der Waals surface area contributed by atoms with Gasteiger partial charge in [0.15, 0.2) is 11.6 Å². The van der Waals surface area contributed by atoms with Crippen LogP contribution in [0.2, 0.25) is 0 Å². The zero-order chi connectivity index (χ0) is 13.0. The predicted octanol–water partition coefficient (Wildman–Crippen LogP) is 1.33. The molecule has 96 valence electrons. The van der Waals surface area contributed by atoms with Crippen molar-refractivity contribution in [1.82, 2.24) is 0 Å². The maximum atomic E-state index is 10.2. The normalized spacial score (nSPS) is 8.12. The average Bonchev–Trinajstić information content (AvgIpc) is 2.00. The second kappa shape index (κ2) is 17.4. The summed E-state index contributed by atoms with van der Waals surface area (Å²) in [6.45, 7) is 9.84. The molecular weight excluding hydrogens is 244 g/mol. The molecule has 0 aliphatic carbocycles. The van der Waals surface area contributed by atoms with Gasteiger partial charge < -0.3 is 10.2 Å². The van der Waals surface area contributed by atoms with Crippen molar-refractivity contribution in [3.05, 3.63) is 0 Å². The Balaban J connectivity index is -0.0000000700. The third kappa shape index (κ3) is 65.9. The second-order valence-corrected chi connectivity index (χ2v) is 3.52. The zero-order valence-electron chi connectivity index (χ0n) is 11.1. The Hall–Kier alpha value is -0.0257. The first-order valence-electron chi connectivity index (χ1n) is 5.04. The van der Waals surface area contributed by atoms with Gasteiger partial charge in [-0.1, -0.05) is 6.92 Å². The maximum absolute atomic E-state index is 10.2. The first kappa shape index (κ1) is 25.0. The minimum Gasteiger partial charge on any atom is -0.394 e. The molecule has 0 bridgehead atoms. The summed E-state index contributed by atoms with van der Waals surface area (Å²) in [5.74, 6) is -0.637. The summed E-state index contributed by atoms with van der Waals surface area (Å²) in [6, 6.07) is 0. The summed E-state index contributed by atoms with van der Waals surface area (Å²) in [7, 11) is 0. The van der Waals surface area contributed by atoms with Crippen molar-refractivity contribution in [2.45, 2.75) is 60.2 Å². The smallest absolute Gasteiger partial charge is 0.197 e. The fraction of sp³-hybridized carbons (Fsp3) is 0.818. The molecule has 16 heavy (non-hydrogen) atoms. The molecule has 5 heteroatoms. The summed E-state index contributed by atoms with van der Waals surface area (Å²) < 4.78 is 0. The van der Waals surface area contributed by atoms with Crippen molar-refractivity contribution in [1.29, 1.82) is 0 Å². The van der Waals surface area contributed by atoms with Gasteiger partial charge in [-0.25, -0.2) is 0 Å². The van der Waals surface area contributed by atoms with Crippen LogP contribution in [-0.4, -0.2) is 34.0 Å². The van der Waals surface area contributed by atoms with Crippen LogP contribution in [0.25, 0.3) is 0 Å². The Morgan fingerprint density at radius 3 is 1.19 bits per heavy atom. The Morgan fingerprint density at radius 2 is 1.19 bits per heavy atom. The average molecular weight is 268 g/mol. The van der Waals surface area contributed by atoms with Gasteiger partial charge in [-0.05, 0) is 27.7 Å². The number of rotatable bonds is 2. The van der Waals surface area contributed by atoms with Crippen LogP contribution in [0.5, 0.6) is 0 Å². The number of ketones is 2. The van der Waals surface area contributed by atoms with Gasteiger partial charge in [0, 0.05) is 47.3 Å². The Kier molecular flexibility index (Phi) is 27.1. The first-order chi connectivity index (χ1) is 6.64. The van der Waals surface area contributed by atoms with Crippen molar-refractivity contribution in [2.75, 3.05) is 0 Å². The maximum Gasteiger partial charge on any atom is 0.197 e. The van der Waals surface area contributed by atoms with Crippen molar-refractivity contribution in [3.63, 3.8) is 0 Å². The summed E-state index contributed by atoms with van der Waals surface area (Å²) >= 11 is 0. The fourth-order valence-electron chi connectivity index (χ4n) is 0.249. The minimum absolute atomic E-state index is 0. The summed E-state index contributed by atoms with van der Waals surface area (Å²) in [6.07, 6.45) is -0.00463. The van der Waals surface area contributed by atoms with Gasteiger partial charge in [-0.2, -0.15) is 0 Å². The van der Waals surface area contributed by atoms with Crippen LogP contribution < -0.4 is 0 Å². The number of carbonyl (C=O) groups excluding carboxylic acids is 2. The molecule has 2 N–H and O–H groups in total. The predicted molar refractivity (Wildman–Crippen MR) is 60.7 cm³/mol. The van der Waals surface area contributed by atoms with Crippen LogP contribution >= 0.6 is 0 Å². The molecule has 0 aliphatic heterocycles. The van der Waals surface area contributed by atoms with Gasteiger partial charge in [-0.15, -0.1) is 0 Å². The molecule has 0 saturated heterocycles. The molecule has 0 spiro atoms. The van der Waals surface area contributed by atoms with Gasteiger partial charge in [0.1, 0.15) is 0 Å². The van der Waals surface area contributed by atoms with Crippen LogP contribution in [0.3, 0.4) is 0 Å². The van der Waals surface area contributed by atoms with Crippen LogP contribution in [-0.2, 0) is 31.3 Å². The number of carbonyl (C=O) groups is 2. The van der Waals surface area contributed by atoms with E-state index >= 15 is 0 Å². The molecule has 0 saturated carbocycles. The molecule has 0 atom stereocenters. The monoisotopic (exact) mass is 268 g/mol. The van der Waals surface area contributed by atoms with Gasteiger partial charge in [0.05, 0.1) is 0 Å². The van der Waals surface area contributed by atoms with E-state index in [2.05, 4.69) is 0 Å². The van der Waals surface area contributed by atoms with Crippen LogP contribution in [0.15, 0.2) is 0 Å². The molecule has 0 aliphatic rings. The molecule has 0 aromatic rings. The zero-order valence-corrected chi connectivity index (χ0v) is 12.6. The van der Waals surface area contributed by atoms with E-state index in [1.807, 2.05) is 0 Å². The van der Waals surface area contributed by atoms with E-state index in [4.69, 9.17) is 10.2 Å². The standard InChI is InChI=1S/C5H8O2.2C3H8O.Ti/c1-3-5(7)4(2)6;2*1-3(2)4;/h3H2,1-2H3;2*3-4H,1-2H3;. The molecule has 0 rings (SSSR count). The number of aliphatic hydroxyl groups is 2. The summed E-state index contributed by atoms with van der Waals surface area (Å²) in [5.41, 5.74) is 0. The Bertz CT molecular complexity index is 156. The van der Waals surface area contributed by atoms with Crippen molar-refractivity contribution < 1.29 is 41.5 Å². The first-order valence-corrected chi connectivity index (χ1v) is 5.04. The quantitative estimate of drug-likeness (QED) is 0.585. The van der Waals surface area contributed by atoms with Gasteiger partial charge >= 0.3 is 0 Å². The fourth-order valence-corrected chi connectivity index (χ4v) is 0.249. The van der Waals surface area contributed by atoms with Crippen LogP contribution in [0.4, 0.5) is 0 Å². The molecule has 0 heterocycles. The van der Waals surface area contributed by atoms with Crippen LogP contribution in [0, 0.1) is 0 Å². The van der Waals surface area contributed by atoms with E-state index < -0.39 is 0 Å². The third-order valence-corrected chi connectivity index (χ3v) is 0.714. The summed E-state index contributed by atoms with van der Waals surface area (Å²) in [5, 5.41) is 16.1. The van der Waals surface area contributed by atoms with E-state index in [0.29, 0.717) is 6.42 Å². The Labute approximate surface area is 113 Å². The topological polar surface area (TPSA) is 74.6 Å². The van der Waals surface area contributed by atoms with E-state index in [1.165, 1.54) is 6.92 Å². The molecule has 0 amide bonds. The van der Waals surface area contributed by atoms with E-state index in [1.54, 1.807) is 34.6 Å². The van der Waals surface area contributed by atoms with Crippen molar-refractivity contribution in [3.8, 4) is 0 Å². The number of hydrogen-bond acceptors (Lipinski definition) is 4. The van der Waals surface area contributed by atoms with Crippen molar-refractivity contribution >= 4 is 11.6 Å². The molecule has 0 aromatic heterocycles. The van der Waals surface area contributed by atoms with Gasteiger partial charge in [0.2, 0.25) is 0 Å². The molecule has 0 aromatic carbocycles. The largest absolute Gasteiger partial charge is 0.394 e.